The van der Waals surface area contributed by atoms with Crippen LogP contribution in [-0.4, -0.2) is 18.6 Å². The van der Waals surface area contributed by atoms with Gasteiger partial charge in [-0.2, -0.15) is 0 Å². The van der Waals surface area contributed by atoms with Gasteiger partial charge in [0.25, 0.3) is 0 Å². The number of ether oxygens (including phenoxy) is 1. The Labute approximate surface area is 101 Å². The van der Waals surface area contributed by atoms with Gasteiger partial charge in [0.05, 0.1) is 13.0 Å². The Morgan fingerprint density at radius 1 is 1.41 bits per heavy atom. The van der Waals surface area contributed by atoms with Crippen molar-refractivity contribution >= 4 is 11.1 Å². The molecule has 92 valence electrons. The lowest BCUT2D eigenvalue weighted by atomic mass is 9.96. The minimum atomic E-state index is 0.161. The molecule has 2 rings (SSSR count). The first-order valence-corrected chi connectivity index (χ1v) is 5.80. The molecule has 0 aliphatic rings. The summed E-state index contributed by atoms with van der Waals surface area (Å²) < 4.78 is 10.9. The molecule has 2 aromatic rings. The lowest BCUT2D eigenvalue weighted by Gasteiger charge is -2.13. The Balaban J connectivity index is 2.43. The van der Waals surface area contributed by atoms with Crippen LogP contribution in [-0.2, 0) is 0 Å². The van der Waals surface area contributed by atoms with Crippen LogP contribution in [0.4, 0.5) is 0 Å². The van der Waals surface area contributed by atoms with Gasteiger partial charge in [0.15, 0.2) is 11.5 Å². The molecule has 4 nitrogen and oxygen atoms in total. The lowest BCUT2D eigenvalue weighted by Crippen LogP contribution is -2.17. The van der Waals surface area contributed by atoms with Crippen LogP contribution in [0, 0.1) is 5.92 Å². The molecule has 0 radical (unpaired) electrons. The number of methoxy groups -OCH3 is 1. The van der Waals surface area contributed by atoms with Crippen molar-refractivity contribution in [3.63, 3.8) is 0 Å². The average Bonchev–Trinajstić information content (AvgIpc) is 2.71. The van der Waals surface area contributed by atoms with Crippen LogP contribution in [0.2, 0.25) is 0 Å². The Morgan fingerprint density at radius 3 is 2.76 bits per heavy atom. The number of benzene rings is 1. The number of hydrogen-bond donors (Lipinski definition) is 1. The van der Waals surface area contributed by atoms with E-state index in [9.17, 15) is 0 Å². The maximum absolute atomic E-state index is 5.76. The van der Waals surface area contributed by atoms with E-state index < -0.39 is 0 Å². The van der Waals surface area contributed by atoms with Crippen molar-refractivity contribution in [2.45, 2.75) is 19.8 Å². The second-order valence-electron chi connectivity index (χ2n) is 4.47. The number of nitrogens with two attached hydrogens (primary N) is 1. The van der Waals surface area contributed by atoms with Gasteiger partial charge in [0.2, 0.25) is 0 Å². The molecular weight excluding hydrogens is 216 g/mol. The first-order valence-electron chi connectivity index (χ1n) is 5.80. The molecule has 1 heterocycles. The second-order valence-corrected chi connectivity index (χ2v) is 4.47. The molecule has 4 heteroatoms. The third-order valence-corrected chi connectivity index (χ3v) is 2.99. The summed E-state index contributed by atoms with van der Waals surface area (Å²) in [6.07, 6.45) is 0. The van der Waals surface area contributed by atoms with Gasteiger partial charge in [-0.05, 0) is 18.1 Å². The van der Waals surface area contributed by atoms with E-state index in [1.165, 1.54) is 0 Å². The van der Waals surface area contributed by atoms with Crippen molar-refractivity contribution in [3.8, 4) is 5.75 Å². The molecule has 0 amide bonds. The smallest absolute Gasteiger partial charge is 0.200 e. The maximum Gasteiger partial charge on any atom is 0.200 e. The van der Waals surface area contributed by atoms with E-state index in [4.69, 9.17) is 14.9 Å². The van der Waals surface area contributed by atoms with Crippen molar-refractivity contribution in [2.24, 2.45) is 11.7 Å². The maximum atomic E-state index is 5.76. The van der Waals surface area contributed by atoms with E-state index in [2.05, 4.69) is 18.8 Å². The highest BCUT2D eigenvalue weighted by Gasteiger charge is 2.20. The molecule has 1 aromatic carbocycles. The third kappa shape index (κ3) is 2.26. The fourth-order valence-corrected chi connectivity index (χ4v) is 1.87. The molecule has 0 fully saturated rings. The van der Waals surface area contributed by atoms with Crippen molar-refractivity contribution in [2.75, 3.05) is 13.7 Å². The number of nitrogens with zero attached hydrogens (tertiary/aromatic N) is 1. The van der Waals surface area contributed by atoms with Gasteiger partial charge in [0.1, 0.15) is 11.3 Å². The summed E-state index contributed by atoms with van der Waals surface area (Å²) in [6, 6.07) is 5.61. The van der Waals surface area contributed by atoms with E-state index in [1.807, 2.05) is 18.2 Å². The average molecular weight is 234 g/mol. The Bertz CT molecular complexity index is 505. The van der Waals surface area contributed by atoms with E-state index in [0.29, 0.717) is 18.4 Å². The number of rotatable bonds is 4. The second kappa shape index (κ2) is 4.75. The summed E-state index contributed by atoms with van der Waals surface area (Å²) in [5.74, 6) is 2.07. The quantitative estimate of drug-likeness (QED) is 0.883. The number of fused-ring (bicyclic) bond motifs is 1. The first-order chi connectivity index (χ1) is 8.15. The summed E-state index contributed by atoms with van der Waals surface area (Å²) in [4.78, 5) is 4.49. The Morgan fingerprint density at radius 2 is 2.18 bits per heavy atom. The summed E-state index contributed by atoms with van der Waals surface area (Å²) >= 11 is 0. The van der Waals surface area contributed by atoms with Crippen LogP contribution in [0.25, 0.3) is 11.1 Å². The topological polar surface area (TPSA) is 61.3 Å². The van der Waals surface area contributed by atoms with E-state index in [1.54, 1.807) is 7.11 Å². The molecule has 0 aliphatic heterocycles. The molecule has 0 saturated heterocycles. The zero-order chi connectivity index (χ0) is 12.4. The van der Waals surface area contributed by atoms with Crippen LogP contribution in [0.1, 0.15) is 25.7 Å². The fourth-order valence-electron chi connectivity index (χ4n) is 1.87. The molecule has 0 bridgehead atoms. The van der Waals surface area contributed by atoms with Gasteiger partial charge in [-0.1, -0.05) is 13.8 Å². The molecule has 0 saturated carbocycles. The molecular formula is C13H18N2O2. The van der Waals surface area contributed by atoms with E-state index >= 15 is 0 Å². The van der Waals surface area contributed by atoms with Crippen molar-refractivity contribution in [1.82, 2.24) is 4.98 Å². The van der Waals surface area contributed by atoms with Gasteiger partial charge >= 0.3 is 0 Å². The van der Waals surface area contributed by atoms with E-state index in [0.717, 1.165) is 16.8 Å². The minimum absolute atomic E-state index is 0.161. The van der Waals surface area contributed by atoms with Gasteiger partial charge in [-0.3, -0.25) is 0 Å². The largest absolute Gasteiger partial charge is 0.497 e. The zero-order valence-electron chi connectivity index (χ0n) is 10.4. The van der Waals surface area contributed by atoms with Gasteiger partial charge in [-0.15, -0.1) is 0 Å². The summed E-state index contributed by atoms with van der Waals surface area (Å²) in [6.45, 7) is 4.78. The number of oxazole rings is 1. The van der Waals surface area contributed by atoms with Gasteiger partial charge in [-0.25, -0.2) is 4.98 Å². The predicted octanol–water partition coefficient (Wildman–Crippen LogP) is 2.53. The van der Waals surface area contributed by atoms with Crippen LogP contribution >= 0.6 is 0 Å². The predicted molar refractivity (Wildman–Crippen MR) is 67.2 cm³/mol. The highest BCUT2D eigenvalue weighted by Crippen LogP contribution is 2.28. The third-order valence-electron chi connectivity index (χ3n) is 2.99. The molecule has 17 heavy (non-hydrogen) atoms. The zero-order valence-corrected chi connectivity index (χ0v) is 10.4. The standard InChI is InChI=1S/C13H18N2O2/c1-8(2)10(7-14)13-15-11-6-9(16-3)4-5-12(11)17-13/h4-6,8,10H,7,14H2,1-3H3. The summed E-state index contributed by atoms with van der Waals surface area (Å²) in [5.41, 5.74) is 7.35. The normalized spacial score (nSPS) is 13.2. The first kappa shape index (κ1) is 11.9. The molecule has 1 unspecified atom stereocenters. The van der Waals surface area contributed by atoms with Crippen molar-refractivity contribution in [1.29, 1.82) is 0 Å². The van der Waals surface area contributed by atoms with E-state index in [-0.39, 0.29) is 5.92 Å². The number of hydrogen-bond acceptors (Lipinski definition) is 4. The highest BCUT2D eigenvalue weighted by atomic mass is 16.5. The van der Waals surface area contributed by atoms with Crippen LogP contribution in [0.15, 0.2) is 22.6 Å². The van der Waals surface area contributed by atoms with Crippen molar-refractivity contribution in [3.05, 3.63) is 24.1 Å². The van der Waals surface area contributed by atoms with Gasteiger partial charge < -0.3 is 14.9 Å². The molecule has 2 N–H and O–H groups in total. The van der Waals surface area contributed by atoms with Gasteiger partial charge in [0, 0.05) is 12.6 Å². The lowest BCUT2D eigenvalue weighted by molar-refractivity contribution is 0.400. The summed E-state index contributed by atoms with van der Waals surface area (Å²) in [7, 11) is 1.64. The monoisotopic (exact) mass is 234 g/mol. The Hall–Kier alpha value is -1.55. The molecule has 1 aromatic heterocycles. The van der Waals surface area contributed by atoms with Crippen LogP contribution < -0.4 is 10.5 Å². The minimum Gasteiger partial charge on any atom is -0.497 e. The number of aromatic nitrogens is 1. The highest BCUT2D eigenvalue weighted by molar-refractivity contribution is 5.74. The Kier molecular flexibility index (Phi) is 3.33. The van der Waals surface area contributed by atoms with Crippen LogP contribution in [0.3, 0.4) is 0 Å². The van der Waals surface area contributed by atoms with Crippen molar-refractivity contribution < 1.29 is 9.15 Å². The molecule has 1 atom stereocenters. The fraction of sp³-hybridized carbons (Fsp3) is 0.462. The SMILES string of the molecule is COc1ccc2oc(C(CN)C(C)C)nc2c1. The molecule has 0 spiro atoms. The van der Waals surface area contributed by atoms with Crippen LogP contribution in [0.5, 0.6) is 5.75 Å². The molecule has 0 aliphatic carbocycles. The summed E-state index contributed by atoms with van der Waals surface area (Å²) in [5, 5.41) is 0.